The highest BCUT2D eigenvalue weighted by Gasteiger charge is 2.41. The monoisotopic (exact) mass is 362 g/mol. The summed E-state index contributed by atoms with van der Waals surface area (Å²) in [6.07, 6.45) is 11.3. The van der Waals surface area contributed by atoms with Crippen molar-refractivity contribution in [2.24, 2.45) is 5.41 Å². The Hall–Kier alpha value is -1.14. The van der Waals surface area contributed by atoms with Gasteiger partial charge in [0.2, 0.25) is 5.91 Å². The van der Waals surface area contributed by atoms with Crippen molar-refractivity contribution in [3.63, 3.8) is 0 Å². The van der Waals surface area contributed by atoms with Crippen LogP contribution in [0.25, 0.3) is 0 Å². The maximum absolute atomic E-state index is 12.4. The van der Waals surface area contributed by atoms with E-state index in [1.165, 1.54) is 38.1 Å². The van der Waals surface area contributed by atoms with E-state index < -0.39 is 0 Å². The van der Waals surface area contributed by atoms with Gasteiger partial charge in [-0.3, -0.25) is 14.8 Å². The average molecular weight is 363 g/mol. The second-order valence-electron chi connectivity index (χ2n) is 7.62. The number of rotatable bonds is 6. The van der Waals surface area contributed by atoms with E-state index in [4.69, 9.17) is 0 Å². The largest absolute Gasteiger partial charge is 0.336 e. The van der Waals surface area contributed by atoms with Gasteiger partial charge in [-0.2, -0.15) is 11.8 Å². The molecular weight excluding hydrogens is 332 g/mol. The number of nitrogens with zero attached hydrogens (tertiary/aromatic N) is 4. The van der Waals surface area contributed by atoms with Crippen LogP contribution in [0.15, 0.2) is 12.4 Å². The fourth-order valence-corrected chi connectivity index (χ4v) is 4.63. The molecule has 0 bridgehead atoms. The molecule has 3 rings (SSSR count). The van der Waals surface area contributed by atoms with Crippen molar-refractivity contribution >= 4 is 17.7 Å². The number of hydrogen-bond donors (Lipinski definition) is 0. The minimum absolute atomic E-state index is 0.271. The molecule has 2 fully saturated rings. The zero-order valence-electron chi connectivity index (χ0n) is 15.5. The lowest BCUT2D eigenvalue weighted by molar-refractivity contribution is -0.140. The molecule has 1 spiro atoms. The van der Waals surface area contributed by atoms with Gasteiger partial charge in [-0.25, -0.2) is 0 Å². The van der Waals surface area contributed by atoms with Crippen LogP contribution >= 0.6 is 11.8 Å². The first-order chi connectivity index (χ1) is 12.1. The highest BCUT2D eigenvalue weighted by molar-refractivity contribution is 7.98. The molecule has 2 saturated heterocycles. The number of hydrogen-bond acceptors (Lipinski definition) is 5. The summed E-state index contributed by atoms with van der Waals surface area (Å²) < 4.78 is 0. The fraction of sp³-hybridized carbons (Fsp3) is 0.737. The third-order valence-corrected chi connectivity index (χ3v) is 6.20. The third kappa shape index (κ3) is 4.94. The number of aromatic nitrogens is 2. The molecule has 0 N–H and O–H groups in total. The number of thioether (sulfide) groups is 1. The zero-order valence-corrected chi connectivity index (χ0v) is 16.4. The minimum atomic E-state index is 0.271. The molecule has 5 nitrogen and oxygen atoms in total. The Kier molecular flexibility index (Phi) is 6.34. The second-order valence-corrected chi connectivity index (χ2v) is 8.61. The molecule has 0 aromatic carbocycles. The number of likely N-dealkylation sites (tertiary alicyclic amines) is 2. The molecular formula is C19H30N4OS. The number of carbonyl (C=O) groups excluding carboxylic acids is 1. The van der Waals surface area contributed by atoms with Crippen LogP contribution in [0, 0.1) is 12.3 Å². The van der Waals surface area contributed by atoms with E-state index >= 15 is 0 Å². The van der Waals surface area contributed by atoms with Crippen LogP contribution in [0.3, 0.4) is 0 Å². The SMILES string of the molecule is CSCCCN1CCC[C@]2(CCC(=O)N(Cc3cnc(C)cn3)C2)C1. The standard InChI is InChI=1S/C19H30N4OS/c1-16-11-21-17(12-20-16)13-23-15-19(7-5-18(23)24)6-3-8-22(14-19)9-4-10-25-2/h11-12H,3-10,13-15H2,1-2H3/t19-/m0/s1. The van der Waals surface area contributed by atoms with Gasteiger partial charge in [-0.15, -0.1) is 0 Å². The predicted octanol–water partition coefficient (Wildman–Crippen LogP) is 2.74. The van der Waals surface area contributed by atoms with Crippen molar-refractivity contribution in [3.8, 4) is 0 Å². The molecule has 1 aromatic rings. The Labute approximate surface area is 155 Å². The highest BCUT2D eigenvalue weighted by atomic mass is 32.2. The second kappa shape index (κ2) is 8.49. The summed E-state index contributed by atoms with van der Waals surface area (Å²) in [5.74, 6) is 1.51. The van der Waals surface area contributed by atoms with Crippen LogP contribution in [0.5, 0.6) is 0 Å². The molecule has 0 unspecified atom stereocenters. The average Bonchev–Trinajstić information content (AvgIpc) is 2.61. The minimum Gasteiger partial charge on any atom is -0.336 e. The lowest BCUT2D eigenvalue weighted by Gasteiger charge is -2.48. The first kappa shape index (κ1) is 18.6. The molecule has 2 aliphatic heterocycles. The third-order valence-electron chi connectivity index (χ3n) is 5.50. The van der Waals surface area contributed by atoms with Gasteiger partial charge in [0.15, 0.2) is 0 Å². The summed E-state index contributed by atoms with van der Waals surface area (Å²) in [6, 6.07) is 0. The summed E-state index contributed by atoms with van der Waals surface area (Å²) in [7, 11) is 0. The normalized spacial score (nSPS) is 24.9. The topological polar surface area (TPSA) is 49.3 Å². The van der Waals surface area contributed by atoms with Gasteiger partial charge < -0.3 is 9.80 Å². The summed E-state index contributed by atoms with van der Waals surface area (Å²) >= 11 is 1.93. The smallest absolute Gasteiger partial charge is 0.222 e. The molecule has 2 aliphatic rings. The van der Waals surface area contributed by atoms with E-state index in [-0.39, 0.29) is 11.3 Å². The van der Waals surface area contributed by atoms with Gasteiger partial charge >= 0.3 is 0 Å². The Morgan fingerprint density at radius 2 is 2.12 bits per heavy atom. The van der Waals surface area contributed by atoms with Gasteiger partial charge in [0.05, 0.1) is 24.1 Å². The maximum atomic E-state index is 12.4. The lowest BCUT2D eigenvalue weighted by Crippen LogP contribution is -2.53. The molecule has 25 heavy (non-hydrogen) atoms. The molecule has 0 saturated carbocycles. The van der Waals surface area contributed by atoms with Crippen molar-refractivity contribution in [2.75, 3.05) is 38.2 Å². The van der Waals surface area contributed by atoms with Crippen molar-refractivity contribution in [1.82, 2.24) is 19.8 Å². The lowest BCUT2D eigenvalue weighted by atomic mass is 9.73. The Morgan fingerprint density at radius 1 is 1.24 bits per heavy atom. The van der Waals surface area contributed by atoms with Gasteiger partial charge in [-0.1, -0.05) is 0 Å². The van der Waals surface area contributed by atoms with Crippen molar-refractivity contribution in [1.29, 1.82) is 0 Å². The first-order valence-corrected chi connectivity index (χ1v) is 10.8. The molecule has 138 valence electrons. The molecule has 0 radical (unpaired) electrons. The molecule has 0 aliphatic carbocycles. The van der Waals surface area contributed by atoms with Gasteiger partial charge in [0.1, 0.15) is 0 Å². The number of piperidine rings is 2. The first-order valence-electron chi connectivity index (χ1n) is 9.37. The number of aryl methyl sites for hydroxylation is 1. The molecule has 1 atom stereocenters. The Balaban J connectivity index is 1.62. The number of amides is 1. The summed E-state index contributed by atoms with van der Waals surface area (Å²) in [5.41, 5.74) is 2.09. The van der Waals surface area contributed by atoms with Crippen LogP contribution in [-0.4, -0.2) is 63.9 Å². The van der Waals surface area contributed by atoms with Crippen LogP contribution < -0.4 is 0 Å². The van der Waals surface area contributed by atoms with Crippen molar-refractivity contribution < 1.29 is 4.79 Å². The van der Waals surface area contributed by atoms with Crippen molar-refractivity contribution in [2.45, 2.75) is 45.6 Å². The summed E-state index contributed by atoms with van der Waals surface area (Å²) in [4.78, 5) is 25.8. The van der Waals surface area contributed by atoms with Crippen LogP contribution in [0.1, 0.15) is 43.5 Å². The highest BCUT2D eigenvalue weighted by Crippen LogP contribution is 2.39. The van der Waals surface area contributed by atoms with E-state index in [1.807, 2.05) is 23.6 Å². The summed E-state index contributed by atoms with van der Waals surface area (Å²) in [6.45, 7) is 6.96. The van der Waals surface area contributed by atoms with Crippen LogP contribution in [0.4, 0.5) is 0 Å². The van der Waals surface area contributed by atoms with E-state index in [9.17, 15) is 4.79 Å². The quantitative estimate of drug-likeness (QED) is 0.728. The van der Waals surface area contributed by atoms with E-state index in [0.717, 1.165) is 30.9 Å². The fourth-order valence-electron chi connectivity index (χ4n) is 4.21. The van der Waals surface area contributed by atoms with Gasteiger partial charge in [0.25, 0.3) is 0 Å². The predicted molar refractivity (Wildman–Crippen MR) is 103 cm³/mol. The zero-order chi connectivity index (χ0) is 17.7. The Bertz CT molecular complexity index is 579. The molecule has 1 amide bonds. The van der Waals surface area contributed by atoms with E-state index in [0.29, 0.717) is 13.0 Å². The van der Waals surface area contributed by atoms with Crippen LogP contribution in [0.2, 0.25) is 0 Å². The maximum Gasteiger partial charge on any atom is 0.222 e. The Morgan fingerprint density at radius 3 is 2.88 bits per heavy atom. The van der Waals surface area contributed by atoms with Gasteiger partial charge in [0, 0.05) is 31.1 Å². The van der Waals surface area contributed by atoms with E-state index in [2.05, 4.69) is 21.1 Å². The van der Waals surface area contributed by atoms with Gasteiger partial charge in [-0.05, 0) is 57.7 Å². The molecule has 6 heteroatoms. The van der Waals surface area contributed by atoms with E-state index in [1.54, 1.807) is 12.4 Å². The van der Waals surface area contributed by atoms with Crippen LogP contribution in [-0.2, 0) is 11.3 Å². The van der Waals surface area contributed by atoms with Crippen molar-refractivity contribution in [3.05, 3.63) is 23.8 Å². The summed E-state index contributed by atoms with van der Waals surface area (Å²) in [5, 5.41) is 0. The molecule has 1 aromatic heterocycles. The number of carbonyl (C=O) groups is 1. The molecule has 3 heterocycles.